The van der Waals surface area contributed by atoms with Gasteiger partial charge in [-0.1, -0.05) is 34.1 Å². The van der Waals surface area contributed by atoms with Gasteiger partial charge in [0.05, 0.1) is 15.4 Å². The maximum Gasteiger partial charge on any atom is 0.250 e. The average Bonchev–Trinajstić information content (AvgIpc) is 2.39. The summed E-state index contributed by atoms with van der Waals surface area (Å²) in [4.78, 5) is 11.4. The highest BCUT2D eigenvalue weighted by Crippen LogP contribution is 2.26. The fourth-order valence-corrected chi connectivity index (χ4v) is 3.67. The molecule has 2 aromatic carbocycles. The summed E-state index contributed by atoms with van der Waals surface area (Å²) in [6, 6.07) is 12.2. The highest BCUT2D eigenvalue weighted by atomic mass is 79.9. The van der Waals surface area contributed by atoms with Gasteiger partial charge < -0.3 is 5.73 Å². The third-order valence-electron chi connectivity index (χ3n) is 2.55. The fourth-order valence-electron chi connectivity index (χ4n) is 1.65. The van der Waals surface area contributed by atoms with Crippen LogP contribution in [0.5, 0.6) is 0 Å². The van der Waals surface area contributed by atoms with E-state index in [4.69, 9.17) is 5.73 Å². The molecule has 2 N–H and O–H groups in total. The quantitative estimate of drug-likeness (QED) is 0.932. The van der Waals surface area contributed by atoms with Gasteiger partial charge in [-0.05, 0) is 30.3 Å². The Morgan fingerprint density at radius 1 is 1.05 bits per heavy atom. The maximum atomic E-state index is 12.5. The molecule has 0 unspecified atom stereocenters. The van der Waals surface area contributed by atoms with E-state index in [1.807, 2.05) is 0 Å². The molecular weight excluding hydrogens is 330 g/mol. The van der Waals surface area contributed by atoms with Crippen LogP contribution in [0.1, 0.15) is 10.4 Å². The summed E-state index contributed by atoms with van der Waals surface area (Å²) in [7, 11) is -3.77. The van der Waals surface area contributed by atoms with E-state index in [9.17, 15) is 13.2 Å². The molecule has 2 aromatic rings. The van der Waals surface area contributed by atoms with Gasteiger partial charge in [0.15, 0.2) is 0 Å². The molecule has 2 rings (SSSR count). The van der Waals surface area contributed by atoms with Gasteiger partial charge in [-0.15, -0.1) is 0 Å². The van der Waals surface area contributed by atoms with Crippen LogP contribution in [0.2, 0.25) is 0 Å². The highest BCUT2D eigenvalue weighted by Gasteiger charge is 2.23. The van der Waals surface area contributed by atoms with Gasteiger partial charge in [0.25, 0.3) is 0 Å². The summed E-state index contributed by atoms with van der Waals surface area (Å²) in [6.07, 6.45) is 0. The number of carbonyl (C=O) groups is 1. The van der Waals surface area contributed by atoms with Crippen molar-refractivity contribution in [2.75, 3.05) is 0 Å². The summed E-state index contributed by atoms with van der Waals surface area (Å²) in [5.74, 6) is -0.776. The summed E-state index contributed by atoms with van der Waals surface area (Å²) < 4.78 is 25.5. The lowest BCUT2D eigenvalue weighted by atomic mass is 10.2. The molecule has 98 valence electrons. The van der Waals surface area contributed by atoms with Gasteiger partial charge in [0.2, 0.25) is 15.7 Å². The Bertz CT molecular complexity index is 727. The zero-order valence-electron chi connectivity index (χ0n) is 9.71. The molecule has 0 heterocycles. The molecule has 0 aliphatic carbocycles. The van der Waals surface area contributed by atoms with Crippen molar-refractivity contribution in [2.24, 2.45) is 5.73 Å². The van der Waals surface area contributed by atoms with Crippen molar-refractivity contribution in [2.45, 2.75) is 9.79 Å². The molecule has 4 nitrogen and oxygen atoms in total. The molecule has 19 heavy (non-hydrogen) atoms. The number of sulfone groups is 1. The number of hydrogen-bond acceptors (Lipinski definition) is 3. The number of carbonyl (C=O) groups excluding carboxylic acids is 1. The molecule has 0 spiro atoms. The summed E-state index contributed by atoms with van der Waals surface area (Å²) in [5.41, 5.74) is 5.20. The number of amides is 1. The zero-order chi connectivity index (χ0) is 14.0. The van der Waals surface area contributed by atoms with E-state index in [0.717, 1.165) is 0 Å². The molecule has 0 bridgehead atoms. The van der Waals surface area contributed by atoms with Crippen LogP contribution in [0.4, 0.5) is 0 Å². The molecule has 0 aromatic heterocycles. The van der Waals surface area contributed by atoms with Crippen LogP contribution in [0.3, 0.4) is 0 Å². The third kappa shape index (κ3) is 2.69. The Labute approximate surface area is 119 Å². The van der Waals surface area contributed by atoms with Crippen LogP contribution in [-0.2, 0) is 9.84 Å². The van der Waals surface area contributed by atoms with Gasteiger partial charge in [-0.25, -0.2) is 8.42 Å². The van der Waals surface area contributed by atoms with Crippen molar-refractivity contribution >= 4 is 31.7 Å². The minimum Gasteiger partial charge on any atom is -0.366 e. The summed E-state index contributed by atoms with van der Waals surface area (Å²) in [6.45, 7) is 0. The Kier molecular flexibility index (Phi) is 3.73. The predicted octanol–water partition coefficient (Wildman–Crippen LogP) is 2.38. The first-order chi connectivity index (χ1) is 8.93. The molecule has 1 amide bonds. The Morgan fingerprint density at radius 2 is 1.68 bits per heavy atom. The van der Waals surface area contributed by atoms with Gasteiger partial charge in [-0.2, -0.15) is 0 Å². The van der Waals surface area contributed by atoms with Crippen LogP contribution >= 0.6 is 15.9 Å². The fraction of sp³-hybridized carbons (Fsp3) is 0. The van der Waals surface area contributed by atoms with Gasteiger partial charge >= 0.3 is 0 Å². The van der Waals surface area contributed by atoms with Crippen LogP contribution in [0, 0.1) is 0 Å². The Hall–Kier alpha value is -1.66. The van der Waals surface area contributed by atoms with Gasteiger partial charge in [-0.3, -0.25) is 4.79 Å². The molecule has 0 aliphatic rings. The number of nitrogens with two attached hydrogens (primary N) is 1. The van der Waals surface area contributed by atoms with Crippen LogP contribution in [0.15, 0.2) is 62.8 Å². The van der Waals surface area contributed by atoms with Crippen LogP contribution in [-0.4, -0.2) is 14.3 Å². The largest absolute Gasteiger partial charge is 0.366 e. The first-order valence-corrected chi connectivity index (χ1v) is 7.60. The smallest absolute Gasteiger partial charge is 0.250 e. The predicted molar refractivity (Wildman–Crippen MR) is 74.6 cm³/mol. The van der Waals surface area contributed by atoms with Crippen molar-refractivity contribution in [3.8, 4) is 0 Å². The van der Waals surface area contributed by atoms with Crippen molar-refractivity contribution in [3.05, 3.63) is 58.6 Å². The minimum atomic E-state index is -3.77. The summed E-state index contributed by atoms with van der Waals surface area (Å²) in [5, 5.41) is 0. The van der Waals surface area contributed by atoms with Crippen LogP contribution in [0.25, 0.3) is 0 Å². The standard InChI is InChI=1S/C13H10BrNO3S/c14-9-6-7-11(13(15)16)12(8-9)19(17,18)10-4-2-1-3-5-10/h1-8H,(H2,15,16). The molecule has 0 saturated carbocycles. The minimum absolute atomic E-state index is 0.0212. The first kappa shape index (κ1) is 13.8. The van der Waals surface area contributed by atoms with E-state index in [0.29, 0.717) is 4.47 Å². The lowest BCUT2D eigenvalue weighted by Crippen LogP contribution is -2.16. The second-order valence-electron chi connectivity index (χ2n) is 3.82. The monoisotopic (exact) mass is 339 g/mol. The van der Waals surface area contributed by atoms with Crippen molar-refractivity contribution in [1.29, 1.82) is 0 Å². The SMILES string of the molecule is NC(=O)c1ccc(Br)cc1S(=O)(=O)c1ccccc1. The van der Waals surface area contributed by atoms with Crippen LogP contribution < -0.4 is 5.73 Å². The number of rotatable bonds is 3. The first-order valence-electron chi connectivity index (χ1n) is 5.32. The number of hydrogen-bond donors (Lipinski definition) is 1. The van der Waals surface area contributed by atoms with Gasteiger partial charge in [0, 0.05) is 4.47 Å². The summed E-state index contributed by atoms with van der Waals surface area (Å²) >= 11 is 3.19. The molecule has 0 radical (unpaired) electrons. The Morgan fingerprint density at radius 3 is 2.26 bits per heavy atom. The molecule has 0 aliphatic heterocycles. The van der Waals surface area contributed by atoms with Crippen molar-refractivity contribution < 1.29 is 13.2 Å². The average molecular weight is 340 g/mol. The van der Waals surface area contributed by atoms with E-state index in [-0.39, 0.29) is 15.4 Å². The Balaban J connectivity index is 2.71. The lowest BCUT2D eigenvalue weighted by Gasteiger charge is -2.09. The van der Waals surface area contributed by atoms with E-state index in [1.165, 1.54) is 24.3 Å². The second-order valence-corrected chi connectivity index (χ2v) is 6.66. The van der Waals surface area contributed by atoms with E-state index >= 15 is 0 Å². The number of benzene rings is 2. The normalized spacial score (nSPS) is 11.2. The lowest BCUT2D eigenvalue weighted by molar-refractivity contribution is 0.0997. The topological polar surface area (TPSA) is 77.2 Å². The van der Waals surface area contributed by atoms with E-state index in [1.54, 1.807) is 24.3 Å². The van der Waals surface area contributed by atoms with E-state index < -0.39 is 15.7 Å². The number of primary amides is 1. The molecule has 0 atom stereocenters. The maximum absolute atomic E-state index is 12.5. The van der Waals surface area contributed by atoms with Gasteiger partial charge in [0.1, 0.15) is 0 Å². The van der Waals surface area contributed by atoms with Crippen molar-refractivity contribution in [1.82, 2.24) is 0 Å². The van der Waals surface area contributed by atoms with E-state index in [2.05, 4.69) is 15.9 Å². The molecule has 6 heteroatoms. The highest BCUT2D eigenvalue weighted by molar-refractivity contribution is 9.10. The zero-order valence-corrected chi connectivity index (χ0v) is 12.1. The molecule has 0 saturated heterocycles. The second kappa shape index (κ2) is 5.14. The third-order valence-corrected chi connectivity index (χ3v) is 4.85. The molecular formula is C13H10BrNO3S. The number of halogens is 1. The van der Waals surface area contributed by atoms with Crippen molar-refractivity contribution in [3.63, 3.8) is 0 Å². The molecule has 0 fully saturated rings.